The lowest BCUT2D eigenvalue weighted by molar-refractivity contribution is -0.219. The average molecular weight is 357 g/mol. The highest BCUT2D eigenvalue weighted by Gasteiger charge is 2.26. The molecule has 0 aliphatic carbocycles. The van der Waals surface area contributed by atoms with Crippen molar-refractivity contribution in [1.29, 1.82) is 0 Å². The summed E-state index contributed by atoms with van der Waals surface area (Å²) in [5, 5.41) is 11.6. The summed E-state index contributed by atoms with van der Waals surface area (Å²) < 4.78 is 17.0. The normalized spacial score (nSPS) is 19.2. The Morgan fingerprint density at radius 2 is 2.20 bits per heavy atom. The molecule has 25 heavy (non-hydrogen) atoms. The molecule has 0 radical (unpaired) electrons. The quantitative estimate of drug-likeness (QED) is 0.411. The molecule has 1 aliphatic heterocycles. The van der Waals surface area contributed by atoms with E-state index < -0.39 is 17.6 Å². The van der Waals surface area contributed by atoms with Crippen LogP contribution in [0.25, 0.3) is 0 Å². The van der Waals surface area contributed by atoms with Crippen LogP contribution in [0.1, 0.15) is 52.4 Å². The van der Waals surface area contributed by atoms with Crippen molar-refractivity contribution in [1.82, 2.24) is 5.32 Å². The Labute approximate surface area is 149 Å². The summed E-state index contributed by atoms with van der Waals surface area (Å²) in [6.07, 6.45) is 5.82. The number of amides is 1. The fourth-order valence-corrected chi connectivity index (χ4v) is 2.41. The van der Waals surface area contributed by atoms with Crippen LogP contribution in [0.15, 0.2) is 12.7 Å². The van der Waals surface area contributed by atoms with Crippen LogP contribution in [0, 0.1) is 0 Å². The van der Waals surface area contributed by atoms with Gasteiger partial charge in [0.15, 0.2) is 12.3 Å². The van der Waals surface area contributed by atoms with Crippen LogP contribution in [0.4, 0.5) is 0 Å². The van der Waals surface area contributed by atoms with E-state index in [1.165, 1.54) is 0 Å². The second-order valence-electron chi connectivity index (χ2n) is 6.78. The molecule has 1 fully saturated rings. The largest absolute Gasteiger partial charge is 0.480 e. The van der Waals surface area contributed by atoms with E-state index in [4.69, 9.17) is 19.3 Å². The van der Waals surface area contributed by atoms with Crippen molar-refractivity contribution in [3.05, 3.63) is 12.7 Å². The minimum Gasteiger partial charge on any atom is -0.480 e. The van der Waals surface area contributed by atoms with Crippen molar-refractivity contribution in [3.63, 3.8) is 0 Å². The van der Waals surface area contributed by atoms with Crippen molar-refractivity contribution in [2.75, 3.05) is 19.8 Å². The number of hydrogen-bond donors (Lipinski definition) is 2. The van der Waals surface area contributed by atoms with Crippen molar-refractivity contribution in [3.8, 4) is 0 Å². The predicted molar refractivity (Wildman–Crippen MR) is 93.2 cm³/mol. The third-order valence-corrected chi connectivity index (χ3v) is 3.93. The van der Waals surface area contributed by atoms with Crippen LogP contribution >= 0.6 is 0 Å². The Morgan fingerprint density at radius 3 is 2.80 bits per heavy atom. The molecular formula is C18H31NO6. The smallest absolute Gasteiger partial charge is 0.328 e. The highest BCUT2D eigenvalue weighted by molar-refractivity contribution is 5.83. The second-order valence-corrected chi connectivity index (χ2v) is 6.78. The first-order chi connectivity index (χ1) is 11.8. The Morgan fingerprint density at radius 1 is 1.44 bits per heavy atom. The number of allylic oxidation sites excluding steroid dienone is 1. The first kappa shape index (κ1) is 21.6. The van der Waals surface area contributed by atoms with Crippen molar-refractivity contribution >= 4 is 11.9 Å². The van der Waals surface area contributed by atoms with Gasteiger partial charge in [-0.3, -0.25) is 4.79 Å². The first-order valence-corrected chi connectivity index (χ1v) is 8.84. The molecule has 0 aromatic carbocycles. The molecule has 144 valence electrons. The molecule has 0 saturated carbocycles. The molecule has 1 rings (SSSR count). The molecule has 2 unspecified atom stereocenters. The first-order valence-electron chi connectivity index (χ1n) is 8.84. The van der Waals surface area contributed by atoms with Crippen molar-refractivity contribution < 1.29 is 28.9 Å². The van der Waals surface area contributed by atoms with Gasteiger partial charge in [-0.15, -0.1) is 6.58 Å². The Balaban J connectivity index is 2.28. The van der Waals surface area contributed by atoms with Crippen LogP contribution in [-0.2, 0) is 23.8 Å². The number of nitrogens with one attached hydrogen (secondary N) is 1. The van der Waals surface area contributed by atoms with Gasteiger partial charge < -0.3 is 24.6 Å². The van der Waals surface area contributed by atoms with Crippen LogP contribution in [0.2, 0.25) is 0 Å². The number of rotatable bonds is 12. The lowest BCUT2D eigenvalue weighted by Crippen LogP contribution is -2.44. The highest BCUT2D eigenvalue weighted by atomic mass is 16.7. The zero-order valence-electron chi connectivity index (χ0n) is 15.3. The van der Waals surface area contributed by atoms with Crippen LogP contribution in [0.5, 0.6) is 0 Å². The van der Waals surface area contributed by atoms with E-state index in [-0.39, 0.29) is 25.2 Å². The minimum absolute atomic E-state index is 0.0782. The molecule has 0 bridgehead atoms. The van der Waals surface area contributed by atoms with Gasteiger partial charge in [-0.25, -0.2) is 4.79 Å². The van der Waals surface area contributed by atoms with Crippen molar-refractivity contribution in [2.45, 2.75) is 70.3 Å². The number of aliphatic carboxylic acids is 1. The number of ether oxygens (including phenoxy) is 3. The van der Waals surface area contributed by atoms with Crippen LogP contribution in [0.3, 0.4) is 0 Å². The topological polar surface area (TPSA) is 94.1 Å². The van der Waals surface area contributed by atoms with Gasteiger partial charge in [-0.2, -0.15) is 0 Å². The fraction of sp³-hybridized carbons (Fsp3) is 0.778. The highest BCUT2D eigenvalue weighted by Crippen LogP contribution is 2.23. The van der Waals surface area contributed by atoms with Gasteiger partial charge in [0.05, 0.1) is 12.2 Å². The zero-order chi connectivity index (χ0) is 18.7. The van der Waals surface area contributed by atoms with Gasteiger partial charge in [-0.1, -0.05) is 6.08 Å². The van der Waals surface area contributed by atoms with Gasteiger partial charge in [0.2, 0.25) is 5.91 Å². The number of carbonyl (C=O) groups is 2. The van der Waals surface area contributed by atoms with E-state index >= 15 is 0 Å². The summed E-state index contributed by atoms with van der Waals surface area (Å²) in [6, 6.07) is -1.05. The number of carboxylic acid groups (broad SMARTS) is 1. The summed E-state index contributed by atoms with van der Waals surface area (Å²) in [5.41, 5.74) is -0.423. The summed E-state index contributed by atoms with van der Waals surface area (Å²) in [5.74, 6) is -1.44. The molecule has 2 N–H and O–H groups in total. The summed E-state index contributed by atoms with van der Waals surface area (Å²) in [7, 11) is 0. The molecule has 2 atom stereocenters. The zero-order valence-corrected chi connectivity index (χ0v) is 15.3. The van der Waals surface area contributed by atoms with E-state index in [9.17, 15) is 9.59 Å². The van der Waals surface area contributed by atoms with E-state index in [2.05, 4.69) is 11.9 Å². The van der Waals surface area contributed by atoms with E-state index in [0.29, 0.717) is 19.4 Å². The maximum atomic E-state index is 11.6. The van der Waals surface area contributed by atoms with Crippen LogP contribution < -0.4 is 5.32 Å². The molecule has 1 heterocycles. The molecule has 1 aliphatic rings. The predicted octanol–water partition coefficient (Wildman–Crippen LogP) is 2.25. The van der Waals surface area contributed by atoms with Crippen LogP contribution in [-0.4, -0.2) is 54.7 Å². The maximum absolute atomic E-state index is 11.6. The average Bonchev–Trinajstić information content (AvgIpc) is 2.56. The fourth-order valence-electron chi connectivity index (χ4n) is 2.41. The molecule has 7 nitrogen and oxygen atoms in total. The summed E-state index contributed by atoms with van der Waals surface area (Å²) >= 11 is 0. The van der Waals surface area contributed by atoms with E-state index in [1.807, 2.05) is 13.8 Å². The maximum Gasteiger partial charge on any atom is 0.328 e. The van der Waals surface area contributed by atoms with Crippen molar-refractivity contribution in [2.24, 2.45) is 0 Å². The third-order valence-electron chi connectivity index (χ3n) is 3.93. The Hall–Kier alpha value is -1.44. The molecule has 1 amide bonds. The Kier molecular flexibility index (Phi) is 9.70. The molecule has 0 aromatic heterocycles. The van der Waals surface area contributed by atoms with E-state index in [0.717, 1.165) is 25.9 Å². The number of carboxylic acids is 1. The van der Waals surface area contributed by atoms with Gasteiger partial charge in [0, 0.05) is 19.6 Å². The number of hydrogen-bond acceptors (Lipinski definition) is 5. The Bertz CT molecular complexity index is 431. The molecule has 0 spiro atoms. The number of carbonyl (C=O) groups excluding carboxylic acids is 1. The monoisotopic (exact) mass is 357 g/mol. The molecule has 7 heteroatoms. The summed E-state index contributed by atoms with van der Waals surface area (Å²) in [6.45, 7) is 8.43. The second kappa shape index (κ2) is 11.2. The van der Waals surface area contributed by atoms with Gasteiger partial charge in [0.25, 0.3) is 0 Å². The SMILES string of the molecule is C=CCCC(=O)NC(COCCC(C)(C)OC1CCCCO1)C(=O)O. The minimum atomic E-state index is -1.11. The lowest BCUT2D eigenvalue weighted by Gasteiger charge is -2.32. The van der Waals surface area contributed by atoms with E-state index in [1.54, 1.807) is 6.08 Å². The van der Waals surface area contributed by atoms with Gasteiger partial charge in [0.1, 0.15) is 0 Å². The molecular weight excluding hydrogens is 326 g/mol. The van der Waals surface area contributed by atoms with Gasteiger partial charge in [-0.05, 0) is 46.0 Å². The van der Waals surface area contributed by atoms with Gasteiger partial charge >= 0.3 is 5.97 Å². The molecule has 0 aromatic rings. The molecule has 1 saturated heterocycles. The third kappa shape index (κ3) is 9.57. The standard InChI is InChI=1S/C18H31NO6/c1-4-5-8-15(20)19-14(17(21)22)13-23-12-10-18(2,3)25-16-9-6-7-11-24-16/h4,14,16H,1,5-13H2,2-3H3,(H,19,20)(H,21,22). The summed E-state index contributed by atoms with van der Waals surface area (Å²) in [4.78, 5) is 22.8. The lowest BCUT2D eigenvalue weighted by atomic mass is 10.1.